The van der Waals surface area contributed by atoms with E-state index < -0.39 is 16.8 Å². The van der Waals surface area contributed by atoms with Gasteiger partial charge in [-0.1, -0.05) is 54.1 Å². The van der Waals surface area contributed by atoms with Crippen LogP contribution in [0.25, 0.3) is 0 Å². The van der Waals surface area contributed by atoms with Crippen LogP contribution in [0, 0.1) is 10.1 Å². The minimum Gasteiger partial charge on any atom is -0.493 e. The lowest BCUT2D eigenvalue weighted by Crippen LogP contribution is -2.36. The molecule has 10 heteroatoms. The van der Waals surface area contributed by atoms with E-state index in [1.165, 1.54) is 12.1 Å². The number of hydrogen-bond donors (Lipinski definition) is 1. The third-order valence-electron chi connectivity index (χ3n) is 7.89. The lowest BCUT2D eigenvalue weighted by molar-refractivity contribution is -0.384. The zero-order valence-electron chi connectivity index (χ0n) is 24.0. The van der Waals surface area contributed by atoms with Crippen molar-refractivity contribution in [3.63, 3.8) is 0 Å². The van der Waals surface area contributed by atoms with Gasteiger partial charge < -0.3 is 19.5 Å². The molecular weight excluding hydrogens is 572 g/mol. The number of Topliss-reactive ketones (excluding diaryl/α,β-unsaturated/α-hetero) is 1. The summed E-state index contributed by atoms with van der Waals surface area (Å²) in [6.45, 7) is 1.88. The van der Waals surface area contributed by atoms with Crippen molar-refractivity contribution in [1.82, 2.24) is 5.32 Å². The molecule has 0 saturated carbocycles. The van der Waals surface area contributed by atoms with E-state index in [9.17, 15) is 19.7 Å². The van der Waals surface area contributed by atoms with Gasteiger partial charge in [-0.25, -0.2) is 4.79 Å². The lowest BCUT2D eigenvalue weighted by Gasteiger charge is -2.36. The molecule has 2 atom stereocenters. The van der Waals surface area contributed by atoms with Crippen LogP contribution in [-0.2, 0) is 20.7 Å². The Labute approximate surface area is 254 Å². The molecule has 1 aliphatic carbocycles. The van der Waals surface area contributed by atoms with E-state index in [-0.39, 0.29) is 41.0 Å². The number of carbonyl (C=O) groups is 2. The van der Waals surface area contributed by atoms with E-state index in [1.807, 2.05) is 42.5 Å². The summed E-state index contributed by atoms with van der Waals surface area (Å²) in [6, 6.07) is 19.6. The van der Waals surface area contributed by atoms with Gasteiger partial charge in [0.05, 0.1) is 31.3 Å². The highest BCUT2D eigenvalue weighted by Crippen LogP contribution is 2.47. The van der Waals surface area contributed by atoms with Gasteiger partial charge in [0.15, 0.2) is 17.3 Å². The molecule has 0 fully saturated rings. The molecule has 3 aromatic carbocycles. The first-order valence-electron chi connectivity index (χ1n) is 13.8. The van der Waals surface area contributed by atoms with Crippen molar-refractivity contribution in [2.24, 2.45) is 0 Å². The zero-order valence-corrected chi connectivity index (χ0v) is 24.8. The lowest BCUT2D eigenvalue weighted by atomic mass is 9.71. The summed E-state index contributed by atoms with van der Waals surface area (Å²) in [7, 11) is 3.12. The van der Waals surface area contributed by atoms with Gasteiger partial charge in [0.1, 0.15) is 5.02 Å². The number of halogens is 1. The Morgan fingerprint density at radius 3 is 2.42 bits per heavy atom. The van der Waals surface area contributed by atoms with Crippen molar-refractivity contribution in [1.29, 1.82) is 0 Å². The van der Waals surface area contributed by atoms with E-state index in [0.717, 1.165) is 11.1 Å². The Kier molecular flexibility index (Phi) is 8.82. The maximum atomic E-state index is 13.9. The first-order valence-corrected chi connectivity index (χ1v) is 14.2. The molecule has 0 radical (unpaired) electrons. The molecule has 2 aliphatic rings. The zero-order chi connectivity index (χ0) is 30.7. The van der Waals surface area contributed by atoms with Crippen molar-refractivity contribution >= 4 is 29.0 Å². The molecular formula is C33H31ClN2O7. The van der Waals surface area contributed by atoms with Gasteiger partial charge in [-0.15, -0.1) is 0 Å². The van der Waals surface area contributed by atoms with Crippen molar-refractivity contribution in [3.05, 3.63) is 121 Å². The fourth-order valence-corrected chi connectivity index (χ4v) is 6.01. The Bertz CT molecular complexity index is 1650. The van der Waals surface area contributed by atoms with E-state index in [2.05, 4.69) is 5.32 Å². The number of methoxy groups -OCH3 is 2. The van der Waals surface area contributed by atoms with Crippen LogP contribution in [0.3, 0.4) is 0 Å². The molecule has 1 heterocycles. The van der Waals surface area contributed by atoms with Crippen LogP contribution in [0.4, 0.5) is 5.69 Å². The van der Waals surface area contributed by atoms with Gasteiger partial charge in [0.2, 0.25) is 0 Å². The topological polar surface area (TPSA) is 117 Å². The predicted octanol–water partition coefficient (Wildman–Crippen LogP) is 6.41. The summed E-state index contributed by atoms with van der Waals surface area (Å²) >= 11 is 6.13. The number of hydrogen-bond acceptors (Lipinski definition) is 8. The molecule has 0 spiro atoms. The average molecular weight is 603 g/mol. The fourth-order valence-electron chi connectivity index (χ4n) is 5.82. The number of benzene rings is 3. The van der Waals surface area contributed by atoms with Gasteiger partial charge in [-0.05, 0) is 54.2 Å². The molecule has 0 unspecified atom stereocenters. The van der Waals surface area contributed by atoms with E-state index >= 15 is 0 Å². The normalized spacial score (nSPS) is 18.1. The monoisotopic (exact) mass is 602 g/mol. The van der Waals surface area contributed by atoms with Gasteiger partial charge in [0.25, 0.3) is 5.69 Å². The van der Waals surface area contributed by atoms with Crippen molar-refractivity contribution in [3.8, 4) is 11.5 Å². The van der Waals surface area contributed by atoms with Crippen LogP contribution in [0.1, 0.15) is 48.3 Å². The number of dihydropyridines is 1. The summed E-state index contributed by atoms with van der Waals surface area (Å²) in [5, 5.41) is 15.0. The second-order valence-corrected chi connectivity index (χ2v) is 10.9. The number of esters is 1. The van der Waals surface area contributed by atoms with Crippen LogP contribution < -0.4 is 14.8 Å². The van der Waals surface area contributed by atoms with Crippen LogP contribution in [0.5, 0.6) is 11.5 Å². The first kappa shape index (κ1) is 29.8. The van der Waals surface area contributed by atoms with Crippen molar-refractivity contribution in [2.75, 3.05) is 20.8 Å². The quantitative estimate of drug-likeness (QED) is 0.170. The molecule has 1 aliphatic heterocycles. The molecule has 0 bridgehead atoms. The highest BCUT2D eigenvalue weighted by atomic mass is 35.5. The molecule has 0 aromatic heterocycles. The number of nitrogens with one attached hydrogen (secondary N) is 1. The standard InChI is InChI=1S/C33H31ClN2O7/c1-19-30(33(38)43-14-13-20-7-5-4-6-8-20)31(22-9-11-24(34)26(16-22)36(39)40)32-25(35-19)15-23(17-27(32)37)21-10-12-28(41-2)29(18-21)42-3/h4-12,16,18,23,31,35H,13-15,17H2,1-3H3/t23-,31+/m1/s1. The number of nitrogens with zero attached hydrogens (tertiary/aromatic N) is 1. The van der Waals surface area contributed by atoms with Gasteiger partial charge in [-0.2, -0.15) is 0 Å². The van der Waals surface area contributed by atoms with Crippen LogP contribution in [0.2, 0.25) is 5.02 Å². The first-order chi connectivity index (χ1) is 20.7. The van der Waals surface area contributed by atoms with Crippen LogP contribution in [-0.4, -0.2) is 37.5 Å². The molecule has 9 nitrogen and oxygen atoms in total. The average Bonchev–Trinajstić information content (AvgIpc) is 3.00. The molecule has 0 amide bonds. The summed E-state index contributed by atoms with van der Waals surface area (Å²) in [5.74, 6) is -0.640. The minimum absolute atomic E-state index is 0.0342. The minimum atomic E-state index is -0.865. The van der Waals surface area contributed by atoms with E-state index in [1.54, 1.807) is 33.3 Å². The second-order valence-electron chi connectivity index (χ2n) is 10.5. The number of nitro benzene ring substituents is 1. The van der Waals surface area contributed by atoms with Gasteiger partial charge >= 0.3 is 5.97 Å². The number of ether oxygens (including phenoxy) is 3. The molecule has 222 valence electrons. The number of carbonyl (C=O) groups excluding carboxylic acids is 2. The van der Waals surface area contributed by atoms with Gasteiger partial charge in [0, 0.05) is 41.8 Å². The molecule has 0 saturated heterocycles. The Balaban J connectivity index is 1.52. The molecule has 1 N–H and O–H groups in total. The fraction of sp³-hybridized carbons (Fsp3) is 0.273. The van der Waals surface area contributed by atoms with Crippen molar-refractivity contribution in [2.45, 2.75) is 38.0 Å². The largest absolute Gasteiger partial charge is 0.493 e. The SMILES string of the molecule is COc1ccc([C@H]2CC(=O)C3=C(C2)NC(C)=C(C(=O)OCCc2ccccc2)[C@@H]3c2ccc(Cl)c([N+](=O)[O-])c2)cc1OC. The summed E-state index contributed by atoms with van der Waals surface area (Å²) in [5.41, 5.74) is 3.85. The second kappa shape index (κ2) is 12.7. The highest BCUT2D eigenvalue weighted by molar-refractivity contribution is 6.32. The Hall–Kier alpha value is -4.63. The van der Waals surface area contributed by atoms with E-state index in [0.29, 0.717) is 46.9 Å². The number of allylic oxidation sites excluding steroid dienone is 3. The smallest absolute Gasteiger partial charge is 0.336 e. The molecule has 43 heavy (non-hydrogen) atoms. The van der Waals surface area contributed by atoms with Crippen molar-refractivity contribution < 1.29 is 28.7 Å². The van der Waals surface area contributed by atoms with Crippen LogP contribution in [0.15, 0.2) is 89.3 Å². The Morgan fingerprint density at radius 1 is 1.00 bits per heavy atom. The summed E-state index contributed by atoms with van der Waals surface area (Å²) in [4.78, 5) is 38.8. The maximum absolute atomic E-state index is 13.9. The molecule has 5 rings (SSSR count). The van der Waals surface area contributed by atoms with Crippen LogP contribution >= 0.6 is 11.6 Å². The third kappa shape index (κ3) is 6.12. The Morgan fingerprint density at radius 2 is 1.72 bits per heavy atom. The predicted molar refractivity (Wildman–Crippen MR) is 161 cm³/mol. The highest BCUT2D eigenvalue weighted by Gasteiger charge is 2.42. The number of rotatable bonds is 9. The molecule has 3 aromatic rings. The third-order valence-corrected chi connectivity index (χ3v) is 8.21. The summed E-state index contributed by atoms with van der Waals surface area (Å²) in [6.07, 6.45) is 1.18. The number of ketones is 1. The maximum Gasteiger partial charge on any atom is 0.336 e. The van der Waals surface area contributed by atoms with E-state index in [4.69, 9.17) is 25.8 Å². The number of nitro groups is 1. The summed E-state index contributed by atoms with van der Waals surface area (Å²) < 4.78 is 16.5. The van der Waals surface area contributed by atoms with Gasteiger partial charge in [-0.3, -0.25) is 14.9 Å².